The molecule has 1 atom stereocenters. The van der Waals surface area contributed by atoms with Crippen LogP contribution in [0.3, 0.4) is 0 Å². The Hall–Kier alpha value is -1.55. The van der Waals surface area contributed by atoms with Gasteiger partial charge in [0, 0.05) is 25.6 Å². The molecule has 1 amide bonds. The van der Waals surface area contributed by atoms with Crippen molar-refractivity contribution < 1.29 is 9.53 Å². The zero-order chi connectivity index (χ0) is 16.9. The number of amides is 1. The summed E-state index contributed by atoms with van der Waals surface area (Å²) in [6, 6.07) is 8.66. The van der Waals surface area contributed by atoms with Crippen molar-refractivity contribution in [3.8, 4) is 5.75 Å². The number of carbonyl (C=O) groups is 1. The lowest BCUT2D eigenvalue weighted by atomic mass is 9.96. The Kier molecular flexibility index (Phi) is 5.77. The second kappa shape index (κ2) is 8.02. The number of nitrogens with one attached hydrogen (secondary N) is 1. The van der Waals surface area contributed by atoms with Crippen molar-refractivity contribution >= 4 is 5.91 Å². The molecule has 1 saturated carbocycles. The van der Waals surface area contributed by atoms with E-state index in [4.69, 9.17) is 4.74 Å². The van der Waals surface area contributed by atoms with Crippen LogP contribution in [0.1, 0.15) is 50.5 Å². The summed E-state index contributed by atoms with van der Waals surface area (Å²) in [5.74, 6) is 2.32. The molecule has 1 aliphatic heterocycles. The molecule has 0 spiro atoms. The predicted molar refractivity (Wildman–Crippen MR) is 96.4 cm³/mol. The number of methoxy groups -OCH3 is 1. The number of likely N-dealkylation sites (tertiary alicyclic amines) is 1. The standard InChI is InChI=1S/C20H30N2O2/c1-15(17-5-7-19(24-2)8-6-17)13-20(23)22-11-9-18(10-12-22)21-14-16-3-4-16/h5-8,15-16,18,21H,3-4,9-14H2,1-2H3. The van der Waals surface area contributed by atoms with Crippen molar-refractivity contribution in [2.45, 2.75) is 51.0 Å². The molecule has 0 bridgehead atoms. The van der Waals surface area contributed by atoms with Crippen LogP contribution >= 0.6 is 0 Å². The highest BCUT2D eigenvalue weighted by molar-refractivity contribution is 5.77. The summed E-state index contributed by atoms with van der Waals surface area (Å²) in [5, 5.41) is 3.67. The molecular weight excluding hydrogens is 300 g/mol. The first kappa shape index (κ1) is 17.3. The largest absolute Gasteiger partial charge is 0.497 e. The highest BCUT2D eigenvalue weighted by Gasteiger charge is 2.26. The van der Waals surface area contributed by atoms with Crippen LogP contribution in [0, 0.1) is 5.92 Å². The molecule has 1 saturated heterocycles. The predicted octanol–water partition coefficient (Wildman–Crippen LogP) is 3.18. The van der Waals surface area contributed by atoms with Crippen LogP contribution in [0.2, 0.25) is 0 Å². The maximum atomic E-state index is 12.6. The van der Waals surface area contributed by atoms with Gasteiger partial charge in [0.15, 0.2) is 0 Å². The fourth-order valence-corrected chi connectivity index (χ4v) is 3.43. The molecule has 0 radical (unpaired) electrons. The lowest BCUT2D eigenvalue weighted by molar-refractivity contribution is -0.132. The third-order valence-corrected chi connectivity index (χ3v) is 5.41. The van der Waals surface area contributed by atoms with E-state index in [0.29, 0.717) is 18.4 Å². The van der Waals surface area contributed by atoms with E-state index in [1.165, 1.54) is 24.9 Å². The van der Waals surface area contributed by atoms with Crippen molar-refractivity contribution in [2.75, 3.05) is 26.7 Å². The van der Waals surface area contributed by atoms with Crippen LogP contribution in [-0.4, -0.2) is 43.6 Å². The van der Waals surface area contributed by atoms with Crippen LogP contribution in [-0.2, 0) is 4.79 Å². The molecule has 2 fully saturated rings. The number of carbonyl (C=O) groups excluding carboxylic acids is 1. The molecular formula is C20H30N2O2. The molecule has 1 aromatic rings. The van der Waals surface area contributed by atoms with Gasteiger partial charge in [-0.1, -0.05) is 19.1 Å². The number of hydrogen-bond acceptors (Lipinski definition) is 3. The third kappa shape index (κ3) is 4.73. The monoisotopic (exact) mass is 330 g/mol. The normalized spacial score (nSPS) is 20.0. The minimum absolute atomic E-state index is 0.245. The van der Waals surface area contributed by atoms with Crippen molar-refractivity contribution in [1.82, 2.24) is 10.2 Å². The fraction of sp³-hybridized carbons (Fsp3) is 0.650. The molecule has 2 aliphatic rings. The Labute approximate surface area is 145 Å². The molecule has 0 aromatic heterocycles. The van der Waals surface area contributed by atoms with Crippen LogP contribution in [0.4, 0.5) is 0 Å². The Balaban J connectivity index is 1.42. The van der Waals surface area contributed by atoms with Gasteiger partial charge in [0.1, 0.15) is 5.75 Å². The molecule has 4 nitrogen and oxygen atoms in total. The molecule has 1 aliphatic carbocycles. The van der Waals surface area contributed by atoms with Crippen LogP contribution in [0.25, 0.3) is 0 Å². The second-order valence-corrected chi connectivity index (χ2v) is 7.39. The van der Waals surface area contributed by atoms with Gasteiger partial charge >= 0.3 is 0 Å². The molecule has 1 unspecified atom stereocenters. The van der Waals surface area contributed by atoms with Gasteiger partial charge in [-0.05, 0) is 61.8 Å². The Morgan fingerprint density at radius 3 is 2.46 bits per heavy atom. The van der Waals surface area contributed by atoms with Crippen LogP contribution in [0.5, 0.6) is 5.75 Å². The zero-order valence-electron chi connectivity index (χ0n) is 15.0. The summed E-state index contributed by atoms with van der Waals surface area (Å²) in [6.07, 6.45) is 5.57. The van der Waals surface area contributed by atoms with E-state index >= 15 is 0 Å². The Morgan fingerprint density at radius 1 is 1.21 bits per heavy atom. The Bertz CT molecular complexity index is 531. The minimum Gasteiger partial charge on any atom is -0.497 e. The molecule has 1 aromatic carbocycles. The summed E-state index contributed by atoms with van der Waals surface area (Å²) in [4.78, 5) is 14.6. The quantitative estimate of drug-likeness (QED) is 0.835. The van der Waals surface area contributed by atoms with Crippen molar-refractivity contribution in [3.63, 3.8) is 0 Å². The first-order valence-electron chi connectivity index (χ1n) is 9.31. The van der Waals surface area contributed by atoms with E-state index in [1.807, 2.05) is 12.1 Å². The van der Waals surface area contributed by atoms with Gasteiger partial charge in [-0.2, -0.15) is 0 Å². The highest BCUT2D eigenvalue weighted by atomic mass is 16.5. The minimum atomic E-state index is 0.245. The topological polar surface area (TPSA) is 41.6 Å². The average Bonchev–Trinajstić information content (AvgIpc) is 3.45. The number of nitrogens with zero attached hydrogens (tertiary/aromatic N) is 1. The van der Waals surface area contributed by atoms with Gasteiger partial charge in [-0.15, -0.1) is 0 Å². The third-order valence-electron chi connectivity index (χ3n) is 5.41. The van der Waals surface area contributed by atoms with Gasteiger partial charge in [-0.3, -0.25) is 4.79 Å². The fourth-order valence-electron chi connectivity index (χ4n) is 3.43. The van der Waals surface area contributed by atoms with Gasteiger partial charge in [0.25, 0.3) is 0 Å². The maximum absolute atomic E-state index is 12.6. The lowest BCUT2D eigenvalue weighted by Gasteiger charge is -2.33. The number of hydrogen-bond donors (Lipinski definition) is 1. The number of benzene rings is 1. The van der Waals surface area contributed by atoms with E-state index in [2.05, 4.69) is 29.3 Å². The molecule has 24 heavy (non-hydrogen) atoms. The van der Waals surface area contributed by atoms with E-state index in [9.17, 15) is 4.79 Å². The summed E-state index contributed by atoms with van der Waals surface area (Å²) in [5.41, 5.74) is 1.20. The van der Waals surface area contributed by atoms with E-state index in [-0.39, 0.29) is 5.92 Å². The van der Waals surface area contributed by atoms with E-state index in [1.54, 1.807) is 7.11 Å². The molecule has 1 N–H and O–H groups in total. The van der Waals surface area contributed by atoms with Gasteiger partial charge in [0.2, 0.25) is 5.91 Å². The SMILES string of the molecule is COc1ccc(C(C)CC(=O)N2CCC(NCC3CC3)CC2)cc1. The second-order valence-electron chi connectivity index (χ2n) is 7.39. The number of piperidine rings is 1. The van der Waals surface area contributed by atoms with Gasteiger partial charge < -0.3 is 15.0 Å². The van der Waals surface area contributed by atoms with Crippen molar-refractivity contribution in [2.24, 2.45) is 5.92 Å². The summed E-state index contributed by atoms with van der Waals surface area (Å²) in [6.45, 7) is 5.10. The molecule has 4 heteroatoms. The molecule has 3 rings (SSSR count). The average molecular weight is 330 g/mol. The number of rotatable bonds is 7. The van der Waals surface area contributed by atoms with Crippen molar-refractivity contribution in [1.29, 1.82) is 0 Å². The summed E-state index contributed by atoms with van der Waals surface area (Å²) < 4.78 is 5.19. The lowest BCUT2D eigenvalue weighted by Crippen LogP contribution is -2.45. The maximum Gasteiger partial charge on any atom is 0.223 e. The molecule has 1 heterocycles. The number of ether oxygens (including phenoxy) is 1. The van der Waals surface area contributed by atoms with Gasteiger partial charge in [-0.25, -0.2) is 0 Å². The van der Waals surface area contributed by atoms with E-state index < -0.39 is 0 Å². The summed E-state index contributed by atoms with van der Waals surface area (Å²) in [7, 11) is 1.67. The van der Waals surface area contributed by atoms with E-state index in [0.717, 1.165) is 37.6 Å². The van der Waals surface area contributed by atoms with Crippen LogP contribution < -0.4 is 10.1 Å². The van der Waals surface area contributed by atoms with Gasteiger partial charge in [0.05, 0.1) is 7.11 Å². The summed E-state index contributed by atoms with van der Waals surface area (Å²) >= 11 is 0. The molecule has 132 valence electrons. The first-order valence-corrected chi connectivity index (χ1v) is 9.31. The Morgan fingerprint density at radius 2 is 1.88 bits per heavy atom. The first-order chi connectivity index (χ1) is 11.7. The van der Waals surface area contributed by atoms with Crippen LogP contribution in [0.15, 0.2) is 24.3 Å². The highest BCUT2D eigenvalue weighted by Crippen LogP contribution is 2.28. The zero-order valence-corrected chi connectivity index (χ0v) is 15.0. The smallest absolute Gasteiger partial charge is 0.223 e. The van der Waals surface area contributed by atoms with Crippen molar-refractivity contribution in [3.05, 3.63) is 29.8 Å².